The van der Waals surface area contributed by atoms with Crippen molar-refractivity contribution in [3.8, 4) is 0 Å². The third-order valence-corrected chi connectivity index (χ3v) is 6.75. The lowest BCUT2D eigenvalue weighted by Crippen LogP contribution is -2.33. The summed E-state index contributed by atoms with van der Waals surface area (Å²) in [6.07, 6.45) is 1.57. The Morgan fingerprint density at radius 3 is 2.69 bits per heavy atom. The third-order valence-electron chi connectivity index (χ3n) is 4.26. The molecule has 0 unspecified atom stereocenters. The standard InChI is InChI=1S/C19H22N2O3S2/c1-15(22)21-12-13-25-19-14-17(9-10-18(19)21)26(23,24)20-11-5-8-16-6-3-2-4-7-16/h2-4,6-7,9-10,14,20H,5,8,11-13H2,1H3. The number of nitrogens with one attached hydrogen (secondary N) is 1. The molecular formula is C19H22N2O3S2. The number of carbonyl (C=O) groups excluding carboxylic acids is 1. The van der Waals surface area contributed by atoms with Crippen molar-refractivity contribution in [1.82, 2.24) is 4.72 Å². The van der Waals surface area contributed by atoms with E-state index in [1.54, 1.807) is 34.9 Å². The predicted octanol–water partition coefficient (Wildman–Crippen LogP) is 3.06. The molecule has 0 radical (unpaired) electrons. The molecule has 3 rings (SSSR count). The van der Waals surface area contributed by atoms with Crippen molar-refractivity contribution < 1.29 is 13.2 Å². The van der Waals surface area contributed by atoms with Crippen molar-refractivity contribution >= 4 is 33.4 Å². The molecule has 0 saturated carbocycles. The predicted molar refractivity (Wildman–Crippen MR) is 105 cm³/mol. The van der Waals surface area contributed by atoms with Gasteiger partial charge in [-0.15, -0.1) is 11.8 Å². The van der Waals surface area contributed by atoms with Crippen LogP contribution in [0.15, 0.2) is 58.3 Å². The van der Waals surface area contributed by atoms with Crippen LogP contribution in [0.2, 0.25) is 0 Å². The molecule has 1 heterocycles. The van der Waals surface area contributed by atoms with Crippen LogP contribution in [0.3, 0.4) is 0 Å². The van der Waals surface area contributed by atoms with Gasteiger partial charge in [0.2, 0.25) is 15.9 Å². The highest BCUT2D eigenvalue weighted by atomic mass is 32.2. The number of thioether (sulfide) groups is 1. The fraction of sp³-hybridized carbons (Fsp3) is 0.316. The number of fused-ring (bicyclic) bond motifs is 1. The van der Waals surface area contributed by atoms with Gasteiger partial charge >= 0.3 is 0 Å². The SMILES string of the molecule is CC(=O)N1CCSc2cc(S(=O)(=O)NCCCc3ccccc3)ccc21. The molecule has 0 saturated heterocycles. The van der Waals surface area contributed by atoms with E-state index in [-0.39, 0.29) is 10.8 Å². The van der Waals surface area contributed by atoms with Crippen LogP contribution in [-0.2, 0) is 21.2 Å². The summed E-state index contributed by atoms with van der Waals surface area (Å²) in [5, 5.41) is 0. The Bertz CT molecular complexity index is 883. The van der Waals surface area contributed by atoms with Gasteiger partial charge in [-0.25, -0.2) is 13.1 Å². The van der Waals surface area contributed by atoms with E-state index in [4.69, 9.17) is 0 Å². The van der Waals surface area contributed by atoms with Gasteiger partial charge in [-0.2, -0.15) is 0 Å². The highest BCUT2D eigenvalue weighted by molar-refractivity contribution is 7.99. The van der Waals surface area contributed by atoms with Crippen molar-refractivity contribution in [3.05, 3.63) is 54.1 Å². The normalized spacial score (nSPS) is 14.1. The molecule has 26 heavy (non-hydrogen) atoms. The number of aryl methyl sites for hydroxylation is 1. The summed E-state index contributed by atoms with van der Waals surface area (Å²) in [4.78, 5) is 14.5. The second-order valence-electron chi connectivity index (χ2n) is 6.14. The van der Waals surface area contributed by atoms with Crippen LogP contribution in [0, 0.1) is 0 Å². The number of rotatable bonds is 6. The highest BCUT2D eigenvalue weighted by Gasteiger charge is 2.23. The minimum Gasteiger partial charge on any atom is -0.311 e. The first-order chi connectivity index (χ1) is 12.5. The van der Waals surface area contributed by atoms with Crippen molar-refractivity contribution in [2.75, 3.05) is 23.7 Å². The molecule has 0 aliphatic carbocycles. The topological polar surface area (TPSA) is 66.5 Å². The number of hydrogen-bond donors (Lipinski definition) is 1. The zero-order valence-electron chi connectivity index (χ0n) is 14.6. The minimum atomic E-state index is -3.55. The zero-order chi connectivity index (χ0) is 18.6. The van der Waals surface area contributed by atoms with E-state index in [2.05, 4.69) is 4.72 Å². The van der Waals surface area contributed by atoms with Crippen molar-refractivity contribution in [2.24, 2.45) is 0 Å². The maximum atomic E-state index is 12.5. The number of benzene rings is 2. The first-order valence-electron chi connectivity index (χ1n) is 8.56. The summed E-state index contributed by atoms with van der Waals surface area (Å²) < 4.78 is 27.8. The molecule has 0 spiro atoms. The van der Waals surface area contributed by atoms with Crippen LogP contribution in [0.25, 0.3) is 0 Å². The summed E-state index contributed by atoms with van der Waals surface area (Å²) in [6.45, 7) is 2.57. The van der Waals surface area contributed by atoms with Gasteiger partial charge < -0.3 is 4.90 Å². The number of hydrogen-bond acceptors (Lipinski definition) is 4. The third kappa shape index (κ3) is 4.47. The molecule has 2 aromatic carbocycles. The lowest BCUT2D eigenvalue weighted by atomic mass is 10.1. The summed E-state index contributed by atoms with van der Waals surface area (Å²) in [7, 11) is -3.55. The van der Waals surface area contributed by atoms with Gasteiger partial charge in [-0.05, 0) is 36.6 Å². The van der Waals surface area contributed by atoms with Gasteiger partial charge in [0.15, 0.2) is 0 Å². The monoisotopic (exact) mass is 390 g/mol. The van der Waals surface area contributed by atoms with E-state index in [9.17, 15) is 13.2 Å². The van der Waals surface area contributed by atoms with E-state index < -0.39 is 10.0 Å². The molecule has 1 amide bonds. The Hall–Kier alpha value is -1.83. The number of nitrogens with zero attached hydrogens (tertiary/aromatic N) is 1. The molecule has 138 valence electrons. The lowest BCUT2D eigenvalue weighted by Gasteiger charge is -2.28. The van der Waals surface area contributed by atoms with Crippen LogP contribution >= 0.6 is 11.8 Å². The molecule has 1 aliphatic heterocycles. The Morgan fingerprint density at radius 1 is 1.19 bits per heavy atom. The number of sulfonamides is 1. The lowest BCUT2D eigenvalue weighted by molar-refractivity contribution is -0.116. The maximum Gasteiger partial charge on any atom is 0.240 e. The van der Waals surface area contributed by atoms with Crippen LogP contribution in [-0.4, -0.2) is 33.2 Å². The van der Waals surface area contributed by atoms with Gasteiger partial charge in [0.05, 0.1) is 10.6 Å². The van der Waals surface area contributed by atoms with Crippen molar-refractivity contribution in [3.63, 3.8) is 0 Å². The summed E-state index contributed by atoms with van der Waals surface area (Å²) in [5.74, 6) is 0.738. The first kappa shape index (κ1) is 18.9. The molecule has 1 aliphatic rings. The average Bonchev–Trinajstić information content (AvgIpc) is 2.65. The molecule has 0 fully saturated rings. The smallest absolute Gasteiger partial charge is 0.240 e. The van der Waals surface area contributed by atoms with E-state index in [0.29, 0.717) is 13.1 Å². The van der Waals surface area contributed by atoms with Crippen LogP contribution in [0.4, 0.5) is 5.69 Å². The van der Waals surface area contributed by atoms with Gasteiger partial charge in [0.1, 0.15) is 0 Å². The summed E-state index contributed by atoms with van der Waals surface area (Å²) in [5.41, 5.74) is 1.98. The highest BCUT2D eigenvalue weighted by Crippen LogP contribution is 2.36. The van der Waals surface area contributed by atoms with Gasteiger partial charge in [-0.3, -0.25) is 4.79 Å². The molecule has 1 N–H and O–H groups in total. The largest absolute Gasteiger partial charge is 0.311 e. The molecule has 0 bridgehead atoms. The quantitative estimate of drug-likeness (QED) is 0.770. The Labute approximate surface area is 158 Å². The van der Waals surface area contributed by atoms with Crippen molar-refractivity contribution in [1.29, 1.82) is 0 Å². The summed E-state index contributed by atoms with van der Waals surface area (Å²) in [6, 6.07) is 15.0. The van der Waals surface area contributed by atoms with Gasteiger partial charge in [0, 0.05) is 30.7 Å². The number of carbonyl (C=O) groups is 1. The molecule has 0 atom stereocenters. The maximum absolute atomic E-state index is 12.5. The van der Waals surface area contributed by atoms with Crippen LogP contribution in [0.5, 0.6) is 0 Å². The Balaban J connectivity index is 1.65. The molecule has 2 aromatic rings. The van der Waals surface area contributed by atoms with E-state index >= 15 is 0 Å². The second kappa shape index (κ2) is 8.24. The first-order valence-corrected chi connectivity index (χ1v) is 11.0. The number of amides is 1. The second-order valence-corrected chi connectivity index (χ2v) is 9.04. The zero-order valence-corrected chi connectivity index (χ0v) is 16.3. The minimum absolute atomic E-state index is 0.0267. The van der Waals surface area contributed by atoms with E-state index in [1.807, 2.05) is 30.3 Å². The van der Waals surface area contributed by atoms with Gasteiger partial charge in [0.25, 0.3) is 0 Å². The fourth-order valence-corrected chi connectivity index (χ4v) is 5.13. The Kier molecular flexibility index (Phi) is 6.01. The average molecular weight is 391 g/mol. The Morgan fingerprint density at radius 2 is 1.96 bits per heavy atom. The van der Waals surface area contributed by atoms with E-state index in [0.717, 1.165) is 29.2 Å². The summed E-state index contributed by atoms with van der Waals surface area (Å²) >= 11 is 1.58. The van der Waals surface area contributed by atoms with Crippen molar-refractivity contribution in [2.45, 2.75) is 29.6 Å². The molecule has 5 nitrogen and oxygen atoms in total. The number of anilines is 1. The molecular weight excluding hydrogens is 368 g/mol. The van der Waals surface area contributed by atoms with Crippen LogP contribution < -0.4 is 9.62 Å². The van der Waals surface area contributed by atoms with E-state index in [1.165, 1.54) is 12.5 Å². The molecule has 0 aromatic heterocycles. The van der Waals surface area contributed by atoms with Crippen LogP contribution in [0.1, 0.15) is 18.9 Å². The van der Waals surface area contributed by atoms with Gasteiger partial charge in [-0.1, -0.05) is 30.3 Å². The molecule has 7 heteroatoms. The fourth-order valence-electron chi connectivity index (χ4n) is 2.92.